The van der Waals surface area contributed by atoms with Crippen LogP contribution in [0.25, 0.3) is 0 Å². The lowest BCUT2D eigenvalue weighted by atomic mass is 10.3. The van der Waals surface area contributed by atoms with E-state index in [9.17, 15) is 4.79 Å². The van der Waals surface area contributed by atoms with E-state index in [2.05, 4.69) is 21.2 Å². The van der Waals surface area contributed by atoms with Crippen molar-refractivity contribution in [3.8, 4) is 5.75 Å². The highest BCUT2D eigenvalue weighted by Gasteiger charge is 2.00. The van der Waals surface area contributed by atoms with Gasteiger partial charge in [-0.15, -0.1) is 12.4 Å². The zero-order valence-electron chi connectivity index (χ0n) is 8.61. The first-order valence-electron chi connectivity index (χ1n) is 4.57. The van der Waals surface area contributed by atoms with E-state index in [0.29, 0.717) is 18.8 Å². The van der Waals surface area contributed by atoms with Crippen LogP contribution < -0.4 is 15.8 Å². The van der Waals surface area contributed by atoms with E-state index in [1.165, 1.54) is 0 Å². The molecule has 0 saturated heterocycles. The van der Waals surface area contributed by atoms with Gasteiger partial charge in [0.2, 0.25) is 0 Å². The largest absolute Gasteiger partial charge is 0.484 e. The van der Waals surface area contributed by atoms with Crippen molar-refractivity contribution in [3.05, 3.63) is 28.7 Å². The third kappa shape index (κ3) is 5.95. The van der Waals surface area contributed by atoms with E-state index >= 15 is 0 Å². The maximum Gasteiger partial charge on any atom is 0.257 e. The van der Waals surface area contributed by atoms with Gasteiger partial charge in [0.1, 0.15) is 5.75 Å². The van der Waals surface area contributed by atoms with E-state index in [1.807, 2.05) is 12.1 Å². The fraction of sp³-hybridized carbons (Fsp3) is 0.300. The number of ether oxygens (including phenoxy) is 1. The topological polar surface area (TPSA) is 64.3 Å². The van der Waals surface area contributed by atoms with Crippen molar-refractivity contribution in [2.45, 2.75) is 0 Å². The summed E-state index contributed by atoms with van der Waals surface area (Å²) in [6.45, 7) is 0.925. The van der Waals surface area contributed by atoms with Gasteiger partial charge in [0.25, 0.3) is 5.91 Å². The number of nitrogens with two attached hydrogens (primary N) is 1. The van der Waals surface area contributed by atoms with E-state index in [-0.39, 0.29) is 24.9 Å². The second-order valence-electron chi connectivity index (χ2n) is 2.88. The minimum absolute atomic E-state index is 0. The molecule has 16 heavy (non-hydrogen) atoms. The lowest BCUT2D eigenvalue weighted by Gasteiger charge is -2.06. The summed E-state index contributed by atoms with van der Waals surface area (Å²) in [4.78, 5) is 11.1. The molecule has 1 rings (SSSR count). The average Bonchev–Trinajstić information content (AvgIpc) is 2.25. The monoisotopic (exact) mass is 308 g/mol. The second kappa shape index (κ2) is 8.38. The maximum atomic E-state index is 11.1. The Morgan fingerprint density at radius 3 is 2.56 bits per heavy atom. The molecule has 0 unspecified atom stereocenters. The number of nitrogens with one attached hydrogen (secondary N) is 1. The fourth-order valence-electron chi connectivity index (χ4n) is 0.942. The van der Waals surface area contributed by atoms with E-state index < -0.39 is 0 Å². The van der Waals surface area contributed by atoms with E-state index in [4.69, 9.17) is 10.5 Å². The molecule has 1 aromatic rings. The quantitative estimate of drug-likeness (QED) is 0.862. The Morgan fingerprint density at radius 2 is 2.00 bits per heavy atom. The highest BCUT2D eigenvalue weighted by Crippen LogP contribution is 2.15. The molecule has 0 bridgehead atoms. The highest BCUT2D eigenvalue weighted by molar-refractivity contribution is 9.10. The Balaban J connectivity index is 0.00000225. The normalized spacial score (nSPS) is 9.12. The molecule has 0 spiro atoms. The summed E-state index contributed by atoms with van der Waals surface area (Å²) in [6.07, 6.45) is 0. The molecule has 0 aliphatic carbocycles. The molecule has 0 heterocycles. The van der Waals surface area contributed by atoms with Crippen LogP contribution in [0.15, 0.2) is 28.7 Å². The number of carbonyl (C=O) groups excluding carboxylic acids is 1. The zero-order chi connectivity index (χ0) is 11.1. The number of hydrogen-bond acceptors (Lipinski definition) is 3. The molecule has 0 saturated carbocycles. The molecule has 90 valence electrons. The first-order chi connectivity index (χ1) is 7.22. The summed E-state index contributed by atoms with van der Waals surface area (Å²) in [5, 5.41) is 2.62. The van der Waals surface area contributed by atoms with Crippen molar-refractivity contribution in [2.24, 2.45) is 5.73 Å². The third-order valence-electron chi connectivity index (χ3n) is 1.65. The third-order valence-corrected chi connectivity index (χ3v) is 2.18. The Labute approximate surface area is 109 Å². The first kappa shape index (κ1) is 15.2. The SMILES string of the molecule is Cl.NCCNC(=O)COc1ccc(Br)cc1. The summed E-state index contributed by atoms with van der Waals surface area (Å²) in [5.41, 5.74) is 5.24. The van der Waals surface area contributed by atoms with Gasteiger partial charge >= 0.3 is 0 Å². The molecule has 6 heteroatoms. The van der Waals surface area contributed by atoms with Gasteiger partial charge in [0.05, 0.1) is 0 Å². The molecule has 0 fully saturated rings. The van der Waals surface area contributed by atoms with Crippen LogP contribution in [-0.4, -0.2) is 25.6 Å². The molecule has 0 atom stereocenters. The average molecular weight is 310 g/mol. The number of amides is 1. The second-order valence-corrected chi connectivity index (χ2v) is 3.80. The summed E-state index contributed by atoms with van der Waals surface area (Å²) in [7, 11) is 0. The molecule has 1 aromatic carbocycles. The van der Waals surface area contributed by atoms with E-state index in [0.717, 1.165) is 4.47 Å². The molecule has 0 aliphatic heterocycles. The smallest absolute Gasteiger partial charge is 0.257 e. The summed E-state index contributed by atoms with van der Waals surface area (Å²) in [6, 6.07) is 7.29. The van der Waals surface area contributed by atoms with Gasteiger partial charge in [-0.1, -0.05) is 15.9 Å². The van der Waals surface area contributed by atoms with Crippen molar-refractivity contribution in [2.75, 3.05) is 19.7 Å². The van der Waals surface area contributed by atoms with Crippen LogP contribution in [0.5, 0.6) is 5.75 Å². The van der Waals surface area contributed by atoms with Crippen LogP contribution in [-0.2, 0) is 4.79 Å². The molecular formula is C10H14BrClN2O2. The first-order valence-corrected chi connectivity index (χ1v) is 5.37. The van der Waals surface area contributed by atoms with Gasteiger partial charge in [-0.2, -0.15) is 0 Å². The van der Waals surface area contributed by atoms with Crippen molar-refractivity contribution >= 4 is 34.2 Å². The summed E-state index contributed by atoms with van der Waals surface area (Å²) in [5.74, 6) is 0.504. The molecule has 0 aliphatic rings. The van der Waals surface area contributed by atoms with Crippen molar-refractivity contribution in [3.63, 3.8) is 0 Å². The highest BCUT2D eigenvalue weighted by atomic mass is 79.9. The van der Waals surface area contributed by atoms with Gasteiger partial charge in [-0.25, -0.2) is 0 Å². The number of hydrogen-bond donors (Lipinski definition) is 2. The minimum atomic E-state index is -0.164. The minimum Gasteiger partial charge on any atom is -0.484 e. The van der Waals surface area contributed by atoms with Crippen LogP contribution in [0.3, 0.4) is 0 Å². The maximum absolute atomic E-state index is 11.1. The van der Waals surface area contributed by atoms with E-state index in [1.54, 1.807) is 12.1 Å². The zero-order valence-corrected chi connectivity index (χ0v) is 11.0. The van der Waals surface area contributed by atoms with Crippen LogP contribution >= 0.6 is 28.3 Å². The number of carbonyl (C=O) groups is 1. The molecule has 0 radical (unpaired) electrons. The Bertz CT molecular complexity index is 319. The van der Waals surface area contributed by atoms with Gasteiger partial charge in [0.15, 0.2) is 6.61 Å². The lowest BCUT2D eigenvalue weighted by Crippen LogP contribution is -2.32. The molecule has 3 N–H and O–H groups in total. The molecule has 1 amide bonds. The van der Waals surface area contributed by atoms with Crippen LogP contribution in [0.4, 0.5) is 0 Å². The van der Waals surface area contributed by atoms with Crippen molar-refractivity contribution in [1.29, 1.82) is 0 Å². The fourth-order valence-corrected chi connectivity index (χ4v) is 1.21. The van der Waals surface area contributed by atoms with Gasteiger partial charge in [0, 0.05) is 17.6 Å². The van der Waals surface area contributed by atoms with Gasteiger partial charge in [-0.3, -0.25) is 4.79 Å². The van der Waals surface area contributed by atoms with Crippen LogP contribution in [0.1, 0.15) is 0 Å². The lowest BCUT2D eigenvalue weighted by molar-refractivity contribution is -0.123. The molecule has 0 aromatic heterocycles. The predicted molar refractivity (Wildman–Crippen MR) is 68.9 cm³/mol. The summed E-state index contributed by atoms with van der Waals surface area (Å²) < 4.78 is 6.22. The van der Waals surface area contributed by atoms with Crippen molar-refractivity contribution in [1.82, 2.24) is 5.32 Å². The van der Waals surface area contributed by atoms with Crippen LogP contribution in [0.2, 0.25) is 0 Å². The summed E-state index contributed by atoms with van der Waals surface area (Å²) >= 11 is 3.31. The number of halogens is 2. The Morgan fingerprint density at radius 1 is 1.38 bits per heavy atom. The van der Waals surface area contributed by atoms with Gasteiger partial charge in [-0.05, 0) is 24.3 Å². The standard InChI is InChI=1S/C10H13BrN2O2.ClH/c11-8-1-3-9(4-2-8)15-7-10(14)13-6-5-12;/h1-4H,5-7,12H2,(H,13,14);1H. The Kier molecular flexibility index (Phi) is 7.97. The van der Waals surface area contributed by atoms with Crippen LogP contribution in [0, 0.1) is 0 Å². The predicted octanol–water partition coefficient (Wildman–Crippen LogP) is 1.32. The number of rotatable bonds is 5. The van der Waals surface area contributed by atoms with Gasteiger partial charge < -0.3 is 15.8 Å². The molecule has 4 nitrogen and oxygen atoms in total. The Hall–Kier alpha value is -0.780. The molecular weight excluding hydrogens is 295 g/mol. The number of benzene rings is 1. The van der Waals surface area contributed by atoms with Crippen molar-refractivity contribution < 1.29 is 9.53 Å².